The molecule has 0 fully saturated rings. The molecule has 0 amide bonds. The molecule has 276 valence electrons. The van der Waals surface area contributed by atoms with E-state index < -0.39 is 0 Å². The molecule has 8 aromatic rings. The first-order valence-electron chi connectivity index (χ1n) is 20.2. The van der Waals surface area contributed by atoms with Crippen LogP contribution in [0.15, 0.2) is 188 Å². The molecule has 3 heteroatoms. The molecule has 0 bridgehead atoms. The predicted molar refractivity (Wildman–Crippen MR) is 243 cm³/mol. The predicted octanol–water partition coefficient (Wildman–Crippen LogP) is 14.8. The number of allylic oxidation sites excluding steroid dienone is 5. The van der Waals surface area contributed by atoms with E-state index in [9.17, 15) is 0 Å². The quantitative estimate of drug-likeness (QED) is 0.163. The van der Waals surface area contributed by atoms with Gasteiger partial charge < -0.3 is 15.2 Å². The van der Waals surface area contributed by atoms with E-state index in [4.69, 9.17) is 0 Å². The van der Waals surface area contributed by atoms with E-state index in [0.29, 0.717) is 5.92 Å². The zero-order valence-electron chi connectivity index (χ0n) is 32.4. The number of fused-ring (bicyclic) bond motifs is 4. The molecule has 3 nitrogen and oxygen atoms in total. The summed E-state index contributed by atoms with van der Waals surface area (Å²) >= 11 is 0. The van der Waals surface area contributed by atoms with Gasteiger partial charge in [0.2, 0.25) is 0 Å². The summed E-state index contributed by atoms with van der Waals surface area (Å²) in [6, 6.07) is 59.2. The van der Waals surface area contributed by atoms with Gasteiger partial charge in [-0.3, -0.25) is 0 Å². The number of para-hydroxylation sites is 4. The number of nitrogens with zero attached hydrogens (tertiary/aromatic N) is 1. The highest BCUT2D eigenvalue weighted by Crippen LogP contribution is 2.44. The number of aromatic nitrogens is 1. The second kappa shape index (κ2) is 14.7. The van der Waals surface area contributed by atoms with E-state index in [-0.39, 0.29) is 11.8 Å². The van der Waals surface area contributed by atoms with E-state index in [1.165, 1.54) is 72.1 Å². The molecule has 1 heterocycles. The number of benzene rings is 7. The van der Waals surface area contributed by atoms with Crippen LogP contribution >= 0.6 is 0 Å². The summed E-state index contributed by atoms with van der Waals surface area (Å²) in [5.74, 6) is 0.953. The Morgan fingerprint density at radius 3 is 2.14 bits per heavy atom. The van der Waals surface area contributed by atoms with Gasteiger partial charge in [0, 0.05) is 50.7 Å². The second-order valence-electron chi connectivity index (χ2n) is 15.6. The maximum atomic E-state index is 3.95. The Labute approximate surface area is 335 Å². The fourth-order valence-electron chi connectivity index (χ4n) is 9.10. The van der Waals surface area contributed by atoms with Crippen LogP contribution in [0.5, 0.6) is 0 Å². The Balaban J connectivity index is 1.07. The summed E-state index contributed by atoms with van der Waals surface area (Å²) in [6.07, 6.45) is 12.8. The molecular weight excluding hydrogens is 691 g/mol. The summed E-state index contributed by atoms with van der Waals surface area (Å²) in [4.78, 5) is 0. The Morgan fingerprint density at radius 2 is 1.28 bits per heavy atom. The molecule has 7 aromatic carbocycles. The van der Waals surface area contributed by atoms with Crippen molar-refractivity contribution in [3.8, 4) is 16.8 Å². The van der Waals surface area contributed by atoms with Gasteiger partial charge in [0.25, 0.3) is 0 Å². The molecule has 0 radical (unpaired) electrons. The first-order chi connectivity index (χ1) is 28.1. The largest absolute Gasteiger partial charge is 0.355 e. The van der Waals surface area contributed by atoms with Crippen molar-refractivity contribution in [1.29, 1.82) is 0 Å². The molecule has 10 rings (SSSR count). The molecule has 0 saturated heterocycles. The average Bonchev–Trinajstić information content (AvgIpc) is 3.59. The highest BCUT2D eigenvalue weighted by molar-refractivity contribution is 6.10. The fourth-order valence-corrected chi connectivity index (χ4v) is 9.10. The standard InChI is InChI=1S/C54H45N3/c1-36-15-13-16-38-17-14-25-51(54(36)38)56-50-31-28-39(40-29-32-53-48(35-40)46-23-10-12-26-52(46)57(53)43-20-7-4-8-21-43)34-47(50)41-27-30-44(37(2)33-41)45-22-9-11-24-49(45)55-42-18-5-3-6-19-42/h3-14,16-37,44,55-56H,15H2,1-2H3/t36?,37-,44?/m1/s1. The molecule has 0 aliphatic heterocycles. The minimum absolute atomic E-state index is 0.235. The molecule has 2 unspecified atom stereocenters. The Hall–Kier alpha value is -6.84. The van der Waals surface area contributed by atoms with Gasteiger partial charge >= 0.3 is 0 Å². The maximum Gasteiger partial charge on any atom is 0.0541 e. The van der Waals surface area contributed by atoms with Crippen LogP contribution in [0.2, 0.25) is 0 Å². The Kier molecular flexibility index (Phi) is 8.91. The summed E-state index contributed by atoms with van der Waals surface area (Å²) in [7, 11) is 0. The van der Waals surface area contributed by atoms with Crippen LogP contribution in [0, 0.1) is 5.92 Å². The number of hydrogen-bond acceptors (Lipinski definition) is 2. The van der Waals surface area contributed by atoms with Crippen LogP contribution in [0.1, 0.15) is 54.4 Å². The minimum atomic E-state index is 0.235. The lowest BCUT2D eigenvalue weighted by Gasteiger charge is -2.27. The summed E-state index contributed by atoms with van der Waals surface area (Å²) in [5, 5.41) is 10.2. The minimum Gasteiger partial charge on any atom is -0.355 e. The number of nitrogens with one attached hydrogen (secondary N) is 2. The first kappa shape index (κ1) is 34.6. The fraction of sp³-hybridized carbons (Fsp3) is 0.111. The smallest absolute Gasteiger partial charge is 0.0541 e. The third-order valence-electron chi connectivity index (χ3n) is 11.9. The second-order valence-corrected chi connectivity index (χ2v) is 15.6. The van der Waals surface area contributed by atoms with Gasteiger partial charge in [-0.1, -0.05) is 141 Å². The van der Waals surface area contributed by atoms with Crippen LogP contribution in [0.4, 0.5) is 22.7 Å². The molecule has 2 N–H and O–H groups in total. The molecule has 1 aromatic heterocycles. The summed E-state index contributed by atoms with van der Waals surface area (Å²) in [6.45, 7) is 4.68. The lowest BCUT2D eigenvalue weighted by Crippen LogP contribution is -2.12. The van der Waals surface area contributed by atoms with Crippen molar-refractivity contribution in [3.05, 3.63) is 210 Å². The first-order valence-corrected chi connectivity index (χ1v) is 20.2. The third-order valence-corrected chi connectivity index (χ3v) is 11.9. The highest BCUT2D eigenvalue weighted by Gasteiger charge is 2.24. The van der Waals surface area contributed by atoms with Gasteiger partial charge in [-0.05, 0) is 118 Å². The van der Waals surface area contributed by atoms with E-state index in [2.05, 4.69) is 223 Å². The van der Waals surface area contributed by atoms with Crippen LogP contribution in [0.25, 0.3) is 50.3 Å². The van der Waals surface area contributed by atoms with Gasteiger partial charge in [-0.25, -0.2) is 0 Å². The Bertz CT molecular complexity index is 2860. The normalized spacial score (nSPS) is 17.4. The Morgan fingerprint density at radius 1 is 0.561 bits per heavy atom. The van der Waals surface area contributed by atoms with Gasteiger partial charge in [-0.2, -0.15) is 0 Å². The van der Waals surface area contributed by atoms with Crippen molar-refractivity contribution in [2.75, 3.05) is 10.6 Å². The zero-order valence-corrected chi connectivity index (χ0v) is 32.4. The lowest BCUT2D eigenvalue weighted by molar-refractivity contribution is 0.639. The molecule has 2 aliphatic rings. The number of anilines is 4. The molecule has 3 atom stereocenters. The molecule has 0 saturated carbocycles. The van der Waals surface area contributed by atoms with Gasteiger partial charge in [0.15, 0.2) is 0 Å². The number of rotatable bonds is 8. The monoisotopic (exact) mass is 735 g/mol. The van der Waals surface area contributed by atoms with Crippen LogP contribution in [-0.4, -0.2) is 4.57 Å². The summed E-state index contributed by atoms with van der Waals surface area (Å²) < 4.78 is 2.38. The van der Waals surface area contributed by atoms with Gasteiger partial charge in [0.05, 0.1) is 11.0 Å². The molecule has 57 heavy (non-hydrogen) atoms. The van der Waals surface area contributed by atoms with Crippen LogP contribution in [-0.2, 0) is 0 Å². The van der Waals surface area contributed by atoms with E-state index in [1.54, 1.807) is 0 Å². The van der Waals surface area contributed by atoms with Crippen molar-refractivity contribution in [2.45, 2.75) is 32.1 Å². The maximum absolute atomic E-state index is 3.95. The lowest BCUT2D eigenvalue weighted by atomic mass is 9.80. The van der Waals surface area contributed by atoms with Crippen molar-refractivity contribution < 1.29 is 0 Å². The molecular formula is C54H45N3. The van der Waals surface area contributed by atoms with E-state index in [0.717, 1.165) is 23.5 Å². The zero-order chi connectivity index (χ0) is 38.3. The van der Waals surface area contributed by atoms with Crippen molar-refractivity contribution in [1.82, 2.24) is 4.57 Å². The third kappa shape index (κ3) is 6.45. The van der Waals surface area contributed by atoms with Crippen molar-refractivity contribution in [2.24, 2.45) is 5.92 Å². The van der Waals surface area contributed by atoms with Gasteiger partial charge in [0.1, 0.15) is 0 Å². The summed E-state index contributed by atoms with van der Waals surface area (Å²) in [5.41, 5.74) is 17.0. The SMILES string of the molecule is CC1CC=Cc2cccc(Nc3ccc(-c4ccc5c(c4)c4ccccc4n5-c4ccccc4)cc3C3=C[C@@H](C)C(c4ccccc4Nc4ccccc4)C=C3)c21. The highest BCUT2D eigenvalue weighted by atomic mass is 15.0. The molecule has 0 spiro atoms. The van der Waals surface area contributed by atoms with Crippen LogP contribution in [0.3, 0.4) is 0 Å². The molecule has 2 aliphatic carbocycles. The van der Waals surface area contributed by atoms with E-state index >= 15 is 0 Å². The number of hydrogen-bond donors (Lipinski definition) is 2. The average molecular weight is 736 g/mol. The van der Waals surface area contributed by atoms with Crippen molar-refractivity contribution in [3.63, 3.8) is 0 Å². The van der Waals surface area contributed by atoms with Crippen molar-refractivity contribution >= 4 is 56.2 Å². The van der Waals surface area contributed by atoms with E-state index in [1.807, 2.05) is 0 Å². The van der Waals surface area contributed by atoms with Gasteiger partial charge in [-0.15, -0.1) is 0 Å². The van der Waals surface area contributed by atoms with Crippen LogP contribution < -0.4 is 10.6 Å². The topological polar surface area (TPSA) is 29.0 Å².